The van der Waals surface area contributed by atoms with E-state index in [0.717, 1.165) is 27.5 Å². The van der Waals surface area contributed by atoms with E-state index in [9.17, 15) is 0 Å². The molecular weight excluding hydrogens is 609 g/mol. The van der Waals surface area contributed by atoms with Gasteiger partial charge in [-0.05, 0) is 70.8 Å². The Morgan fingerprint density at radius 1 is 0.404 bits per heavy atom. The van der Waals surface area contributed by atoms with Crippen molar-refractivity contribution in [2.45, 2.75) is 0 Å². The Labute approximate surface area is 281 Å². The second kappa shape index (κ2) is 11.7. The van der Waals surface area contributed by atoms with Crippen LogP contribution in [-0.2, 0) is 0 Å². The van der Waals surface area contributed by atoms with Crippen LogP contribution in [-0.4, -0.2) is 4.98 Å². The number of rotatable bonds is 6. The smallest absolute Gasteiger partial charge is 0.124 e. The van der Waals surface area contributed by atoms with Crippen molar-refractivity contribution >= 4 is 70.1 Å². The summed E-state index contributed by atoms with van der Waals surface area (Å²) >= 11 is 3.60. The maximum atomic E-state index is 5.04. The maximum Gasteiger partial charge on any atom is 0.124 e. The number of fused-ring (bicyclic) bond motifs is 4. The maximum absolute atomic E-state index is 5.04. The number of hydrogen-bond acceptors (Lipinski definition) is 4. The van der Waals surface area contributed by atoms with Crippen molar-refractivity contribution in [3.8, 4) is 32.8 Å². The van der Waals surface area contributed by atoms with E-state index in [1.54, 1.807) is 11.3 Å². The lowest BCUT2D eigenvalue weighted by Crippen LogP contribution is -2.10. The molecule has 0 N–H and O–H groups in total. The average molecular weight is 637 g/mol. The first-order chi connectivity index (χ1) is 23.3. The van der Waals surface area contributed by atoms with Gasteiger partial charge >= 0.3 is 0 Å². The van der Waals surface area contributed by atoms with Crippen LogP contribution in [0.3, 0.4) is 0 Å². The lowest BCUT2D eigenvalue weighted by Gasteiger charge is -2.27. The minimum atomic E-state index is 1.05. The minimum Gasteiger partial charge on any atom is -0.310 e. The van der Waals surface area contributed by atoms with Gasteiger partial charge < -0.3 is 4.90 Å². The van der Waals surface area contributed by atoms with Crippen LogP contribution in [0.4, 0.5) is 17.1 Å². The van der Waals surface area contributed by atoms with E-state index in [0.29, 0.717) is 0 Å². The molecule has 222 valence electrons. The zero-order chi connectivity index (χ0) is 31.2. The number of nitrogens with zero attached hydrogens (tertiary/aromatic N) is 2. The molecule has 0 saturated heterocycles. The molecular formula is C43H28N2S2. The minimum absolute atomic E-state index is 1.05. The second-order valence-electron chi connectivity index (χ2n) is 11.6. The summed E-state index contributed by atoms with van der Waals surface area (Å²) in [6, 6.07) is 60.8. The van der Waals surface area contributed by atoms with Crippen LogP contribution < -0.4 is 4.90 Å². The van der Waals surface area contributed by atoms with Crippen molar-refractivity contribution in [3.05, 3.63) is 170 Å². The van der Waals surface area contributed by atoms with E-state index in [4.69, 9.17) is 4.98 Å². The van der Waals surface area contributed by atoms with E-state index >= 15 is 0 Å². The van der Waals surface area contributed by atoms with Gasteiger partial charge in [-0.25, -0.2) is 4.98 Å². The SMILES string of the molecule is c1ccc(-c2ccc(N(c3ccc(-c4ccccc4)cc3)c3cccc4sc5cc6nc(-c7ccccc7)sc6cc5c34)cc2)cc1. The van der Waals surface area contributed by atoms with Crippen molar-refractivity contribution in [3.63, 3.8) is 0 Å². The molecule has 9 rings (SSSR count). The van der Waals surface area contributed by atoms with Gasteiger partial charge in [0.05, 0.1) is 15.9 Å². The molecule has 0 spiro atoms. The van der Waals surface area contributed by atoms with Crippen molar-refractivity contribution in [1.82, 2.24) is 4.98 Å². The van der Waals surface area contributed by atoms with E-state index < -0.39 is 0 Å². The molecule has 0 amide bonds. The Kier molecular flexibility index (Phi) is 6.89. The summed E-state index contributed by atoms with van der Waals surface area (Å²) in [5.41, 5.74) is 10.5. The third kappa shape index (κ3) is 5.08. The lowest BCUT2D eigenvalue weighted by molar-refractivity contribution is 1.30. The van der Waals surface area contributed by atoms with Crippen LogP contribution >= 0.6 is 22.7 Å². The third-order valence-electron chi connectivity index (χ3n) is 8.71. The van der Waals surface area contributed by atoms with Gasteiger partial charge in [0.15, 0.2) is 0 Å². The number of thiophene rings is 1. The molecule has 7 aromatic carbocycles. The largest absolute Gasteiger partial charge is 0.310 e. The second-order valence-corrected chi connectivity index (χ2v) is 13.7. The molecule has 2 heterocycles. The van der Waals surface area contributed by atoms with Crippen LogP contribution in [0.2, 0.25) is 0 Å². The fraction of sp³-hybridized carbons (Fsp3) is 0. The summed E-state index contributed by atoms with van der Waals surface area (Å²) in [5.74, 6) is 0. The molecule has 0 aliphatic rings. The topological polar surface area (TPSA) is 16.1 Å². The molecule has 0 radical (unpaired) electrons. The van der Waals surface area contributed by atoms with Gasteiger partial charge in [-0.3, -0.25) is 0 Å². The Hall–Kier alpha value is -5.55. The summed E-state index contributed by atoms with van der Waals surface area (Å²) in [5, 5.41) is 3.59. The molecule has 0 atom stereocenters. The van der Waals surface area contributed by atoms with Gasteiger partial charge in [-0.15, -0.1) is 22.7 Å². The monoisotopic (exact) mass is 636 g/mol. The van der Waals surface area contributed by atoms with Gasteiger partial charge in [-0.1, -0.05) is 121 Å². The Morgan fingerprint density at radius 2 is 0.936 bits per heavy atom. The summed E-state index contributed by atoms with van der Waals surface area (Å²) < 4.78 is 3.73. The van der Waals surface area contributed by atoms with Gasteiger partial charge in [0.2, 0.25) is 0 Å². The Morgan fingerprint density at radius 3 is 1.51 bits per heavy atom. The summed E-state index contributed by atoms with van der Waals surface area (Å²) in [6.07, 6.45) is 0. The standard InChI is InChI=1S/C43H28N2S2/c1-4-11-29(12-5-1)31-19-23-34(24-20-31)45(35-25-21-32(22-26-35)30-13-6-2-7-14-30)38-17-10-18-39-42(38)36-27-41-37(28-40(36)46-39)44-43(47-41)33-15-8-3-9-16-33/h1-28H. The quantitative estimate of drug-likeness (QED) is 0.181. The summed E-state index contributed by atoms with van der Waals surface area (Å²) in [4.78, 5) is 7.44. The fourth-order valence-electron chi connectivity index (χ4n) is 6.41. The highest BCUT2D eigenvalue weighted by Gasteiger charge is 2.20. The molecule has 2 aromatic heterocycles. The van der Waals surface area contributed by atoms with Crippen LogP contribution in [0.5, 0.6) is 0 Å². The van der Waals surface area contributed by atoms with Crippen molar-refractivity contribution < 1.29 is 0 Å². The van der Waals surface area contributed by atoms with Crippen LogP contribution in [0, 0.1) is 0 Å². The molecule has 0 aliphatic heterocycles. The molecule has 4 heteroatoms. The van der Waals surface area contributed by atoms with Gasteiger partial charge in [-0.2, -0.15) is 0 Å². The van der Waals surface area contributed by atoms with Crippen LogP contribution in [0.25, 0.3) is 63.2 Å². The molecule has 0 unspecified atom stereocenters. The van der Waals surface area contributed by atoms with Crippen molar-refractivity contribution in [1.29, 1.82) is 0 Å². The molecule has 0 saturated carbocycles. The number of hydrogen-bond donors (Lipinski definition) is 0. The number of anilines is 3. The van der Waals surface area contributed by atoms with E-state index in [2.05, 4.69) is 175 Å². The van der Waals surface area contributed by atoms with E-state index in [-0.39, 0.29) is 0 Å². The highest BCUT2D eigenvalue weighted by atomic mass is 32.1. The molecule has 0 bridgehead atoms. The van der Waals surface area contributed by atoms with Crippen LogP contribution in [0.15, 0.2) is 170 Å². The van der Waals surface area contributed by atoms with Gasteiger partial charge in [0.25, 0.3) is 0 Å². The predicted molar refractivity (Wildman–Crippen MR) is 203 cm³/mol. The lowest BCUT2D eigenvalue weighted by atomic mass is 10.0. The Bertz CT molecular complexity index is 2400. The molecule has 0 fully saturated rings. The fourth-order valence-corrected chi connectivity index (χ4v) is 8.55. The first kappa shape index (κ1) is 27.7. The first-order valence-corrected chi connectivity index (χ1v) is 17.3. The first-order valence-electron chi connectivity index (χ1n) is 15.7. The van der Waals surface area contributed by atoms with E-state index in [1.807, 2.05) is 11.3 Å². The van der Waals surface area contributed by atoms with Gasteiger partial charge in [0, 0.05) is 37.1 Å². The number of aromatic nitrogens is 1. The van der Waals surface area contributed by atoms with Gasteiger partial charge in [0.1, 0.15) is 5.01 Å². The highest BCUT2D eigenvalue weighted by molar-refractivity contribution is 7.26. The normalized spacial score (nSPS) is 11.4. The van der Waals surface area contributed by atoms with Crippen LogP contribution in [0.1, 0.15) is 0 Å². The number of benzene rings is 7. The zero-order valence-corrected chi connectivity index (χ0v) is 27.0. The number of thiazole rings is 1. The predicted octanol–water partition coefficient (Wildman–Crippen LogP) is 13.1. The summed E-state index contributed by atoms with van der Waals surface area (Å²) in [7, 11) is 0. The zero-order valence-electron chi connectivity index (χ0n) is 25.4. The van der Waals surface area contributed by atoms with Crippen molar-refractivity contribution in [2.75, 3.05) is 4.90 Å². The third-order valence-corrected chi connectivity index (χ3v) is 10.9. The molecule has 2 nitrogen and oxygen atoms in total. The molecule has 47 heavy (non-hydrogen) atoms. The molecule has 0 aliphatic carbocycles. The van der Waals surface area contributed by atoms with E-state index in [1.165, 1.54) is 52.8 Å². The average Bonchev–Trinajstić information content (AvgIpc) is 3.73. The highest BCUT2D eigenvalue weighted by Crippen LogP contribution is 2.47. The summed E-state index contributed by atoms with van der Waals surface area (Å²) in [6.45, 7) is 0. The molecule has 9 aromatic rings. The Balaban J connectivity index is 1.22. The van der Waals surface area contributed by atoms with Crippen molar-refractivity contribution in [2.24, 2.45) is 0 Å².